The maximum Gasteiger partial charge on any atom is 0.329 e. The molecular weight excluding hydrogens is 262 g/mol. The van der Waals surface area contributed by atoms with E-state index in [0.717, 1.165) is 17.7 Å². The SMILES string of the molecule is O=C(CSc1ccccc1)NC1(C(=O)O)CCCC1. The predicted molar refractivity (Wildman–Crippen MR) is 74.1 cm³/mol. The van der Waals surface area contributed by atoms with Gasteiger partial charge in [0.15, 0.2) is 0 Å². The van der Waals surface area contributed by atoms with Crippen LogP contribution in [0.3, 0.4) is 0 Å². The van der Waals surface area contributed by atoms with E-state index in [1.165, 1.54) is 11.8 Å². The summed E-state index contributed by atoms with van der Waals surface area (Å²) < 4.78 is 0. The number of amides is 1. The average molecular weight is 279 g/mol. The van der Waals surface area contributed by atoms with Crippen molar-refractivity contribution in [2.75, 3.05) is 5.75 Å². The molecule has 1 fully saturated rings. The van der Waals surface area contributed by atoms with Gasteiger partial charge in [0.1, 0.15) is 5.54 Å². The quantitative estimate of drug-likeness (QED) is 0.812. The van der Waals surface area contributed by atoms with Gasteiger partial charge in [0.05, 0.1) is 5.75 Å². The first-order valence-electron chi connectivity index (χ1n) is 6.35. The Morgan fingerprint density at radius 2 is 1.84 bits per heavy atom. The van der Waals surface area contributed by atoms with Crippen LogP contribution >= 0.6 is 11.8 Å². The number of carboxylic acids is 1. The zero-order valence-corrected chi connectivity index (χ0v) is 11.4. The zero-order valence-electron chi connectivity index (χ0n) is 10.6. The van der Waals surface area contributed by atoms with Gasteiger partial charge in [-0.25, -0.2) is 4.79 Å². The van der Waals surface area contributed by atoms with Crippen molar-refractivity contribution in [3.8, 4) is 0 Å². The highest BCUT2D eigenvalue weighted by Gasteiger charge is 2.42. The summed E-state index contributed by atoms with van der Waals surface area (Å²) in [4.78, 5) is 24.2. The average Bonchev–Trinajstić information content (AvgIpc) is 2.87. The summed E-state index contributed by atoms with van der Waals surface area (Å²) in [5.74, 6) is -0.875. The molecule has 19 heavy (non-hydrogen) atoms. The van der Waals surface area contributed by atoms with E-state index in [-0.39, 0.29) is 11.7 Å². The first-order chi connectivity index (χ1) is 9.12. The van der Waals surface area contributed by atoms with Gasteiger partial charge in [-0.05, 0) is 25.0 Å². The molecule has 2 rings (SSSR count). The fourth-order valence-corrected chi connectivity index (χ4v) is 3.06. The molecule has 0 heterocycles. The van der Waals surface area contributed by atoms with Gasteiger partial charge in [0.2, 0.25) is 5.91 Å². The van der Waals surface area contributed by atoms with E-state index in [0.29, 0.717) is 12.8 Å². The van der Waals surface area contributed by atoms with Gasteiger partial charge >= 0.3 is 5.97 Å². The second-order valence-electron chi connectivity index (χ2n) is 4.74. The van der Waals surface area contributed by atoms with Gasteiger partial charge in [-0.15, -0.1) is 11.8 Å². The third-order valence-electron chi connectivity index (χ3n) is 3.36. The lowest BCUT2D eigenvalue weighted by atomic mass is 9.98. The summed E-state index contributed by atoms with van der Waals surface area (Å²) in [6.07, 6.45) is 2.78. The van der Waals surface area contributed by atoms with E-state index < -0.39 is 11.5 Å². The number of thioether (sulfide) groups is 1. The van der Waals surface area contributed by atoms with Crippen LogP contribution in [0.1, 0.15) is 25.7 Å². The first-order valence-corrected chi connectivity index (χ1v) is 7.33. The molecule has 0 saturated heterocycles. The zero-order chi connectivity index (χ0) is 13.7. The van der Waals surface area contributed by atoms with Crippen LogP contribution in [0.5, 0.6) is 0 Å². The van der Waals surface area contributed by atoms with Crippen molar-refractivity contribution in [3.63, 3.8) is 0 Å². The number of rotatable bonds is 5. The van der Waals surface area contributed by atoms with Crippen LogP contribution in [0.2, 0.25) is 0 Å². The number of nitrogens with one attached hydrogen (secondary N) is 1. The molecule has 0 aliphatic heterocycles. The number of benzene rings is 1. The van der Waals surface area contributed by atoms with Crippen molar-refractivity contribution in [1.82, 2.24) is 5.32 Å². The van der Waals surface area contributed by atoms with Crippen LogP contribution in [0.25, 0.3) is 0 Å². The third-order valence-corrected chi connectivity index (χ3v) is 4.37. The van der Waals surface area contributed by atoms with Crippen molar-refractivity contribution in [1.29, 1.82) is 0 Å². The molecule has 1 amide bonds. The highest BCUT2D eigenvalue weighted by Crippen LogP contribution is 2.30. The Bertz CT molecular complexity index is 455. The van der Waals surface area contributed by atoms with Gasteiger partial charge in [-0.2, -0.15) is 0 Å². The maximum absolute atomic E-state index is 11.9. The van der Waals surface area contributed by atoms with Crippen molar-refractivity contribution >= 4 is 23.6 Å². The highest BCUT2D eigenvalue weighted by molar-refractivity contribution is 8.00. The summed E-state index contributed by atoms with van der Waals surface area (Å²) in [5, 5.41) is 12.0. The predicted octanol–water partition coefficient (Wildman–Crippen LogP) is 2.29. The normalized spacial score (nSPS) is 17.1. The standard InChI is InChI=1S/C14H17NO3S/c16-12(10-19-11-6-2-1-3-7-11)15-14(13(17)18)8-4-5-9-14/h1-3,6-7H,4-5,8-10H2,(H,15,16)(H,17,18). The molecule has 1 aliphatic carbocycles. The van der Waals surface area contributed by atoms with Crippen LogP contribution in [0.4, 0.5) is 0 Å². The maximum atomic E-state index is 11.9. The Morgan fingerprint density at radius 1 is 1.21 bits per heavy atom. The molecule has 5 heteroatoms. The van der Waals surface area contributed by atoms with Crippen LogP contribution in [-0.2, 0) is 9.59 Å². The lowest BCUT2D eigenvalue weighted by molar-refractivity contribution is -0.147. The minimum absolute atomic E-state index is 0.210. The molecule has 0 spiro atoms. The number of hydrogen-bond acceptors (Lipinski definition) is 3. The Balaban J connectivity index is 1.88. The molecule has 1 saturated carbocycles. The molecule has 4 nitrogen and oxygen atoms in total. The lowest BCUT2D eigenvalue weighted by Gasteiger charge is -2.25. The van der Waals surface area contributed by atoms with E-state index >= 15 is 0 Å². The summed E-state index contributed by atoms with van der Waals surface area (Å²) in [5.41, 5.74) is -1.03. The Labute approximate surface area is 116 Å². The Hall–Kier alpha value is -1.49. The number of carboxylic acid groups (broad SMARTS) is 1. The Morgan fingerprint density at radius 3 is 2.42 bits per heavy atom. The summed E-state index contributed by atoms with van der Waals surface area (Å²) >= 11 is 1.42. The molecular formula is C14H17NO3S. The second-order valence-corrected chi connectivity index (χ2v) is 5.79. The second kappa shape index (κ2) is 6.10. The highest BCUT2D eigenvalue weighted by atomic mass is 32.2. The van der Waals surface area contributed by atoms with Gasteiger partial charge < -0.3 is 10.4 Å². The lowest BCUT2D eigenvalue weighted by Crippen LogP contribution is -2.53. The van der Waals surface area contributed by atoms with Crippen LogP contribution in [0.15, 0.2) is 35.2 Å². The van der Waals surface area contributed by atoms with Gasteiger partial charge in [-0.3, -0.25) is 4.79 Å². The number of carbonyl (C=O) groups excluding carboxylic acids is 1. The monoisotopic (exact) mass is 279 g/mol. The topological polar surface area (TPSA) is 66.4 Å². The summed E-state index contributed by atoms with van der Waals surface area (Å²) in [6, 6.07) is 9.61. The van der Waals surface area contributed by atoms with Crippen LogP contribution in [0, 0.1) is 0 Å². The molecule has 0 unspecified atom stereocenters. The molecule has 2 N–H and O–H groups in total. The van der Waals surface area contributed by atoms with E-state index in [1.807, 2.05) is 30.3 Å². The van der Waals surface area contributed by atoms with Gasteiger partial charge in [-0.1, -0.05) is 31.0 Å². The van der Waals surface area contributed by atoms with E-state index in [1.54, 1.807) is 0 Å². The van der Waals surface area contributed by atoms with Crippen molar-refractivity contribution in [2.24, 2.45) is 0 Å². The molecule has 102 valence electrons. The summed E-state index contributed by atoms with van der Waals surface area (Å²) in [6.45, 7) is 0. The number of carbonyl (C=O) groups is 2. The molecule has 1 aromatic rings. The minimum Gasteiger partial charge on any atom is -0.480 e. The molecule has 1 aliphatic rings. The summed E-state index contributed by atoms with van der Waals surface area (Å²) in [7, 11) is 0. The van der Waals surface area contributed by atoms with Gasteiger partial charge in [0.25, 0.3) is 0 Å². The Kier molecular flexibility index (Phi) is 4.47. The largest absolute Gasteiger partial charge is 0.480 e. The first kappa shape index (κ1) is 13.9. The number of aliphatic carboxylic acids is 1. The fourth-order valence-electron chi connectivity index (χ4n) is 2.34. The van der Waals surface area contributed by atoms with Crippen molar-refractivity contribution in [2.45, 2.75) is 36.1 Å². The molecule has 0 aromatic heterocycles. The van der Waals surface area contributed by atoms with E-state index in [4.69, 9.17) is 0 Å². The fraction of sp³-hybridized carbons (Fsp3) is 0.429. The van der Waals surface area contributed by atoms with Crippen LogP contribution < -0.4 is 5.32 Å². The molecule has 1 aromatic carbocycles. The van der Waals surface area contributed by atoms with Gasteiger partial charge in [0, 0.05) is 4.90 Å². The molecule has 0 atom stereocenters. The van der Waals surface area contributed by atoms with E-state index in [2.05, 4.69) is 5.32 Å². The van der Waals surface area contributed by atoms with Crippen molar-refractivity contribution in [3.05, 3.63) is 30.3 Å². The van der Waals surface area contributed by atoms with E-state index in [9.17, 15) is 14.7 Å². The number of hydrogen-bond donors (Lipinski definition) is 2. The minimum atomic E-state index is -1.03. The van der Waals surface area contributed by atoms with Crippen LogP contribution in [-0.4, -0.2) is 28.3 Å². The van der Waals surface area contributed by atoms with Crippen molar-refractivity contribution < 1.29 is 14.7 Å². The molecule has 0 bridgehead atoms. The third kappa shape index (κ3) is 3.50. The molecule has 0 radical (unpaired) electrons. The smallest absolute Gasteiger partial charge is 0.329 e.